The third-order valence-corrected chi connectivity index (χ3v) is 3.74. The number of nitrogens with zero attached hydrogens (tertiary/aromatic N) is 2. The monoisotopic (exact) mass is 306 g/mol. The van der Waals surface area contributed by atoms with E-state index in [2.05, 4.69) is 17.0 Å². The molecule has 0 atom stereocenters. The normalized spacial score (nSPS) is 15.7. The van der Waals surface area contributed by atoms with Crippen LogP contribution in [-0.2, 0) is 20.7 Å². The van der Waals surface area contributed by atoms with Gasteiger partial charge in [-0.3, -0.25) is 9.69 Å². The zero-order valence-electron chi connectivity index (χ0n) is 12.6. The van der Waals surface area contributed by atoms with Crippen LogP contribution in [0.4, 0.5) is 0 Å². The van der Waals surface area contributed by atoms with Crippen LogP contribution < -0.4 is 0 Å². The first-order chi connectivity index (χ1) is 10.6. The molecule has 6 nitrogen and oxygen atoms in total. The molecule has 0 saturated carbocycles. The van der Waals surface area contributed by atoms with Crippen LogP contribution in [0, 0.1) is 0 Å². The van der Waals surface area contributed by atoms with Gasteiger partial charge in [0.15, 0.2) is 0 Å². The van der Waals surface area contributed by atoms with Crippen LogP contribution in [0.1, 0.15) is 5.56 Å². The summed E-state index contributed by atoms with van der Waals surface area (Å²) in [6.45, 7) is 3.43. The first-order valence-corrected chi connectivity index (χ1v) is 7.49. The van der Waals surface area contributed by atoms with Crippen LogP contribution in [0.5, 0.6) is 0 Å². The van der Waals surface area contributed by atoms with Gasteiger partial charge in [-0.2, -0.15) is 0 Å². The van der Waals surface area contributed by atoms with Crippen molar-refractivity contribution in [2.24, 2.45) is 0 Å². The van der Waals surface area contributed by atoms with Gasteiger partial charge in [0.05, 0.1) is 0 Å². The van der Waals surface area contributed by atoms with Gasteiger partial charge in [-0.25, -0.2) is 4.79 Å². The van der Waals surface area contributed by atoms with Crippen molar-refractivity contribution in [1.82, 2.24) is 9.80 Å². The molecule has 120 valence electrons. The summed E-state index contributed by atoms with van der Waals surface area (Å²) in [5.41, 5.74) is 1.32. The predicted octanol–water partition coefficient (Wildman–Crippen LogP) is 0.475. The van der Waals surface area contributed by atoms with E-state index >= 15 is 0 Å². The minimum absolute atomic E-state index is 0.135. The van der Waals surface area contributed by atoms with Gasteiger partial charge in [-0.1, -0.05) is 30.3 Å². The molecule has 1 aliphatic rings. The average Bonchev–Trinajstić information content (AvgIpc) is 2.54. The number of carbonyl (C=O) groups excluding carboxylic acids is 1. The molecule has 6 heteroatoms. The molecule has 1 amide bonds. The molecule has 1 aromatic rings. The number of carboxylic acids is 1. The van der Waals surface area contributed by atoms with Crippen LogP contribution in [-0.4, -0.2) is 72.7 Å². The maximum Gasteiger partial charge on any atom is 0.329 e. The Hall–Kier alpha value is -1.92. The largest absolute Gasteiger partial charge is 0.480 e. The molecule has 0 aromatic heterocycles. The van der Waals surface area contributed by atoms with Gasteiger partial charge in [0.2, 0.25) is 5.91 Å². The van der Waals surface area contributed by atoms with Gasteiger partial charge in [0.25, 0.3) is 0 Å². The molecular formula is C16H22N2O4. The molecule has 22 heavy (non-hydrogen) atoms. The molecule has 0 aliphatic carbocycles. The minimum Gasteiger partial charge on any atom is -0.480 e. The SMILES string of the molecule is O=C(O)COCC(=O)N1CCN(CCc2ccccc2)CC1. The lowest BCUT2D eigenvalue weighted by Crippen LogP contribution is -2.50. The van der Waals surface area contributed by atoms with Gasteiger partial charge in [-0.05, 0) is 12.0 Å². The minimum atomic E-state index is -1.06. The molecule has 2 rings (SSSR count). The van der Waals surface area contributed by atoms with Crippen molar-refractivity contribution >= 4 is 11.9 Å². The molecule has 1 aliphatic heterocycles. The first-order valence-electron chi connectivity index (χ1n) is 7.49. The fourth-order valence-electron chi connectivity index (χ4n) is 2.47. The summed E-state index contributed by atoms with van der Waals surface area (Å²) in [6, 6.07) is 10.4. The molecule has 1 N–H and O–H groups in total. The highest BCUT2D eigenvalue weighted by molar-refractivity contribution is 5.78. The summed E-state index contributed by atoms with van der Waals surface area (Å²) in [5, 5.41) is 8.47. The van der Waals surface area contributed by atoms with E-state index in [1.807, 2.05) is 18.2 Å². The summed E-state index contributed by atoms with van der Waals surface area (Å²) in [7, 11) is 0. The number of rotatable bonds is 7. The molecule has 0 unspecified atom stereocenters. The van der Waals surface area contributed by atoms with E-state index in [1.165, 1.54) is 5.56 Å². The van der Waals surface area contributed by atoms with Crippen LogP contribution in [0.15, 0.2) is 30.3 Å². The first kappa shape index (κ1) is 16.5. The Labute approximate surface area is 130 Å². The topological polar surface area (TPSA) is 70.1 Å². The smallest absolute Gasteiger partial charge is 0.329 e. The van der Waals surface area contributed by atoms with E-state index in [1.54, 1.807) is 4.90 Å². The third kappa shape index (κ3) is 5.46. The molecule has 1 saturated heterocycles. The zero-order chi connectivity index (χ0) is 15.8. The number of amides is 1. The van der Waals surface area contributed by atoms with E-state index in [9.17, 15) is 9.59 Å². The highest BCUT2D eigenvalue weighted by atomic mass is 16.5. The van der Waals surface area contributed by atoms with Crippen molar-refractivity contribution in [3.8, 4) is 0 Å². The molecule has 1 fully saturated rings. The Bertz CT molecular complexity index is 484. The van der Waals surface area contributed by atoms with Crippen molar-refractivity contribution in [1.29, 1.82) is 0 Å². The highest BCUT2D eigenvalue weighted by Gasteiger charge is 2.20. The second kappa shape index (κ2) is 8.51. The average molecular weight is 306 g/mol. The van der Waals surface area contributed by atoms with E-state index in [0.29, 0.717) is 13.1 Å². The molecule has 1 aromatic carbocycles. The van der Waals surface area contributed by atoms with Gasteiger partial charge < -0.3 is 14.7 Å². The fraction of sp³-hybridized carbons (Fsp3) is 0.500. The number of piperazine rings is 1. The Balaban J connectivity index is 1.65. The fourth-order valence-corrected chi connectivity index (χ4v) is 2.47. The van der Waals surface area contributed by atoms with Crippen molar-refractivity contribution in [2.75, 3.05) is 45.9 Å². The van der Waals surface area contributed by atoms with Crippen molar-refractivity contribution in [3.63, 3.8) is 0 Å². The van der Waals surface area contributed by atoms with Gasteiger partial charge in [0, 0.05) is 32.7 Å². The van der Waals surface area contributed by atoms with E-state index in [-0.39, 0.29) is 12.5 Å². The highest BCUT2D eigenvalue weighted by Crippen LogP contribution is 2.06. The van der Waals surface area contributed by atoms with Gasteiger partial charge in [-0.15, -0.1) is 0 Å². The summed E-state index contributed by atoms with van der Waals surface area (Å²) in [5.74, 6) is -1.19. The third-order valence-electron chi connectivity index (χ3n) is 3.74. The Morgan fingerprint density at radius 2 is 1.73 bits per heavy atom. The molecule has 0 spiro atoms. The van der Waals surface area contributed by atoms with Crippen LogP contribution in [0.25, 0.3) is 0 Å². The Kier molecular flexibility index (Phi) is 6.36. The van der Waals surface area contributed by atoms with Crippen LogP contribution in [0.3, 0.4) is 0 Å². The maximum absolute atomic E-state index is 11.9. The number of ether oxygens (including phenoxy) is 1. The number of carbonyl (C=O) groups is 2. The predicted molar refractivity (Wildman–Crippen MR) is 81.6 cm³/mol. The molecule has 0 bridgehead atoms. The number of aliphatic carboxylic acids is 1. The maximum atomic E-state index is 11.9. The van der Waals surface area contributed by atoms with E-state index < -0.39 is 12.6 Å². The summed E-state index contributed by atoms with van der Waals surface area (Å²) < 4.78 is 4.84. The molecule has 0 radical (unpaired) electrons. The lowest BCUT2D eigenvalue weighted by Gasteiger charge is -2.34. The summed E-state index contributed by atoms with van der Waals surface area (Å²) >= 11 is 0. The Morgan fingerprint density at radius 1 is 1.05 bits per heavy atom. The number of hydrogen-bond donors (Lipinski definition) is 1. The Morgan fingerprint density at radius 3 is 2.36 bits per heavy atom. The molecule has 1 heterocycles. The lowest BCUT2D eigenvalue weighted by molar-refractivity contribution is -0.146. The lowest BCUT2D eigenvalue weighted by atomic mass is 10.1. The van der Waals surface area contributed by atoms with Crippen LogP contribution in [0.2, 0.25) is 0 Å². The number of hydrogen-bond acceptors (Lipinski definition) is 4. The van der Waals surface area contributed by atoms with E-state index in [4.69, 9.17) is 9.84 Å². The van der Waals surface area contributed by atoms with Crippen LogP contribution >= 0.6 is 0 Å². The summed E-state index contributed by atoms with van der Waals surface area (Å²) in [4.78, 5) is 26.3. The van der Waals surface area contributed by atoms with E-state index in [0.717, 1.165) is 26.1 Å². The van der Waals surface area contributed by atoms with Crippen molar-refractivity contribution < 1.29 is 19.4 Å². The van der Waals surface area contributed by atoms with Crippen molar-refractivity contribution in [2.45, 2.75) is 6.42 Å². The van der Waals surface area contributed by atoms with Crippen molar-refractivity contribution in [3.05, 3.63) is 35.9 Å². The standard InChI is InChI=1S/C16H22N2O4/c19-15(12-22-13-16(20)21)18-10-8-17(9-11-18)7-6-14-4-2-1-3-5-14/h1-5H,6-13H2,(H,20,21). The number of carboxylic acid groups (broad SMARTS) is 1. The summed E-state index contributed by atoms with van der Waals surface area (Å²) in [6.07, 6.45) is 1.01. The molecular weight excluding hydrogens is 284 g/mol. The zero-order valence-corrected chi connectivity index (χ0v) is 12.6. The second-order valence-electron chi connectivity index (χ2n) is 5.34. The number of benzene rings is 1. The van der Waals surface area contributed by atoms with Gasteiger partial charge in [0.1, 0.15) is 13.2 Å². The van der Waals surface area contributed by atoms with Gasteiger partial charge >= 0.3 is 5.97 Å². The second-order valence-corrected chi connectivity index (χ2v) is 5.34. The quantitative estimate of drug-likeness (QED) is 0.793.